The molecule has 2 aromatic carbocycles. The minimum Gasteiger partial charge on any atom is -0.478 e. The molecular weight excluding hydrogens is 843 g/mol. The van der Waals surface area contributed by atoms with Crippen molar-refractivity contribution in [1.82, 2.24) is 19.1 Å². The van der Waals surface area contributed by atoms with Crippen LogP contribution >= 0.6 is 0 Å². The second-order valence-electron chi connectivity index (χ2n) is 16.7. The lowest BCUT2D eigenvalue weighted by Crippen LogP contribution is -2.27. The maximum Gasteiger partial charge on any atom is 0.328 e. The highest BCUT2D eigenvalue weighted by atomic mass is 19.1. The van der Waals surface area contributed by atoms with Crippen LogP contribution in [0.3, 0.4) is 0 Å². The lowest BCUT2D eigenvalue weighted by Gasteiger charge is -2.26. The molecule has 0 unspecified atom stereocenters. The molecule has 0 spiro atoms. The number of aryl methyl sites for hydroxylation is 4. The Morgan fingerprint density at radius 1 is 0.515 bits per heavy atom. The number of nitrogens with zero attached hydrogens (tertiary/aromatic N) is 6. The average Bonchev–Trinajstić information content (AvgIpc) is 3.25. The van der Waals surface area contributed by atoms with E-state index in [9.17, 15) is 19.2 Å². The summed E-state index contributed by atoms with van der Waals surface area (Å²) < 4.78 is 33.1. The van der Waals surface area contributed by atoms with Gasteiger partial charge in [0, 0.05) is 74.0 Å². The van der Waals surface area contributed by atoms with Crippen molar-refractivity contribution >= 4 is 23.3 Å². The fourth-order valence-corrected chi connectivity index (χ4v) is 7.66. The molecule has 0 bridgehead atoms. The van der Waals surface area contributed by atoms with Gasteiger partial charge < -0.3 is 20.0 Å². The zero-order valence-corrected chi connectivity index (χ0v) is 40.9. The Kier molecular flexibility index (Phi) is 26.8. The maximum atomic E-state index is 15.1. The minimum absolute atomic E-state index is 0.182. The second-order valence-corrected chi connectivity index (χ2v) is 16.7. The van der Waals surface area contributed by atoms with Crippen LogP contribution in [0.2, 0.25) is 0 Å². The highest BCUT2D eigenvalue weighted by Crippen LogP contribution is 2.26. The van der Waals surface area contributed by atoms with Gasteiger partial charge in [-0.1, -0.05) is 105 Å². The molecule has 66 heavy (non-hydrogen) atoms. The maximum absolute atomic E-state index is 15.1. The molecular formula is C52H76F2N6O6. The number of benzene rings is 2. The number of carbonyl (C=O) groups is 2. The Hall–Kier alpha value is -5.66. The van der Waals surface area contributed by atoms with Crippen LogP contribution in [0.4, 0.5) is 20.2 Å². The van der Waals surface area contributed by atoms with Crippen LogP contribution < -0.4 is 20.9 Å². The molecule has 4 rings (SSSR count). The number of hydrogen-bond donors (Lipinski definition) is 2. The Morgan fingerprint density at radius 2 is 0.818 bits per heavy atom. The van der Waals surface area contributed by atoms with Gasteiger partial charge in [-0.3, -0.25) is 18.7 Å². The third kappa shape index (κ3) is 20.2. The molecule has 0 atom stereocenters. The van der Waals surface area contributed by atoms with Gasteiger partial charge >= 0.3 is 11.9 Å². The second kappa shape index (κ2) is 31.3. The molecule has 4 aromatic rings. The van der Waals surface area contributed by atoms with E-state index in [1.54, 1.807) is 27.7 Å². The summed E-state index contributed by atoms with van der Waals surface area (Å²) in [6.07, 6.45) is 19.7. The first kappa shape index (κ1) is 56.5. The van der Waals surface area contributed by atoms with Crippen LogP contribution in [0.1, 0.15) is 153 Å². The van der Waals surface area contributed by atoms with Gasteiger partial charge in [0.2, 0.25) is 0 Å². The molecule has 2 heterocycles. The molecule has 0 aliphatic rings. The van der Waals surface area contributed by atoms with E-state index in [4.69, 9.17) is 10.2 Å². The minimum atomic E-state index is -1.26. The van der Waals surface area contributed by atoms with E-state index in [1.807, 2.05) is 24.3 Å². The van der Waals surface area contributed by atoms with Crippen molar-refractivity contribution in [2.24, 2.45) is 0 Å². The van der Waals surface area contributed by atoms with Crippen molar-refractivity contribution in [2.75, 3.05) is 36.0 Å². The number of unbranched alkanes of at least 4 members (excludes halogenated alkanes) is 12. The lowest BCUT2D eigenvalue weighted by molar-refractivity contribution is -0.134. The number of halogens is 2. The van der Waals surface area contributed by atoms with Gasteiger partial charge in [-0.2, -0.15) is 0 Å². The van der Waals surface area contributed by atoms with Gasteiger partial charge in [0.05, 0.1) is 22.7 Å². The molecule has 2 aromatic heterocycles. The van der Waals surface area contributed by atoms with Crippen molar-refractivity contribution in [1.29, 1.82) is 0 Å². The van der Waals surface area contributed by atoms with Gasteiger partial charge in [-0.15, -0.1) is 0 Å². The monoisotopic (exact) mass is 919 g/mol. The molecule has 0 aliphatic heterocycles. The Morgan fingerprint density at radius 3 is 1.06 bits per heavy atom. The predicted molar refractivity (Wildman–Crippen MR) is 264 cm³/mol. The number of carboxylic acid groups (broad SMARTS) is 2. The smallest absolute Gasteiger partial charge is 0.328 e. The summed E-state index contributed by atoms with van der Waals surface area (Å²) in [5.41, 5.74) is 3.30. The Bertz CT molecular complexity index is 2060. The van der Waals surface area contributed by atoms with Gasteiger partial charge in [0.1, 0.15) is 23.3 Å². The quantitative estimate of drug-likeness (QED) is 0.0460. The van der Waals surface area contributed by atoms with Crippen molar-refractivity contribution in [3.8, 4) is 11.4 Å². The molecule has 0 saturated carbocycles. The van der Waals surface area contributed by atoms with E-state index in [2.05, 4.69) is 47.5 Å². The first-order valence-corrected chi connectivity index (χ1v) is 24.0. The lowest BCUT2D eigenvalue weighted by atomic mass is 10.1. The van der Waals surface area contributed by atoms with Crippen molar-refractivity contribution < 1.29 is 28.6 Å². The number of carboxylic acids is 2. The van der Waals surface area contributed by atoms with Gasteiger partial charge in [-0.05, 0) is 77.6 Å². The van der Waals surface area contributed by atoms with Crippen LogP contribution in [-0.4, -0.2) is 67.4 Å². The summed E-state index contributed by atoms with van der Waals surface area (Å²) >= 11 is 0. The number of aliphatic carboxylic acids is 2. The topological polar surface area (TPSA) is 151 Å². The summed E-state index contributed by atoms with van der Waals surface area (Å²) in [6, 6.07) is 13.2. The van der Waals surface area contributed by atoms with E-state index in [0.717, 1.165) is 51.9 Å². The SMILES string of the molecule is CCCCCCN(CCCCCC)c1ccc(-n2c(C)nc(C)cc2=O)cc1F.CCCCCCN(CCCCCC)c1ccc(-n2c(C)nc(C)cc2=O)cc1F.O=C(O)/C=C\C(=O)O. The summed E-state index contributed by atoms with van der Waals surface area (Å²) in [5.74, 6) is -1.93. The van der Waals surface area contributed by atoms with E-state index in [1.165, 1.54) is 110 Å². The molecule has 14 heteroatoms. The standard InChI is InChI=1S/2C24H36FN3O.C4H4O4/c2*1-5-7-9-11-15-27(16-12-10-8-6-2)23-14-13-21(18-22(23)25)28-20(4)26-19(3)17-24(28)29;5-3(6)1-2-4(7)8/h2*13-14,17-18H,5-12,15-16H2,1-4H3;1-2H,(H,5,6)(H,7,8)/b;;2-1-. The third-order valence-electron chi connectivity index (χ3n) is 11.0. The fourth-order valence-electron chi connectivity index (χ4n) is 7.66. The van der Waals surface area contributed by atoms with Crippen LogP contribution in [0, 0.1) is 39.3 Å². The van der Waals surface area contributed by atoms with Crippen LogP contribution in [0.15, 0.2) is 70.3 Å². The predicted octanol–water partition coefficient (Wildman–Crippen LogP) is 11.6. The van der Waals surface area contributed by atoms with Crippen molar-refractivity contribution in [3.63, 3.8) is 0 Å². The van der Waals surface area contributed by atoms with Crippen molar-refractivity contribution in [3.05, 3.63) is 116 Å². The molecule has 0 saturated heterocycles. The largest absolute Gasteiger partial charge is 0.478 e. The van der Waals surface area contributed by atoms with E-state index in [-0.39, 0.29) is 22.8 Å². The molecule has 0 amide bonds. The number of hydrogen-bond acceptors (Lipinski definition) is 8. The normalized spacial score (nSPS) is 10.9. The van der Waals surface area contributed by atoms with Crippen LogP contribution in [-0.2, 0) is 9.59 Å². The summed E-state index contributed by atoms with van der Waals surface area (Å²) in [7, 11) is 0. The zero-order valence-electron chi connectivity index (χ0n) is 40.9. The first-order chi connectivity index (χ1) is 31.6. The van der Waals surface area contributed by atoms with Gasteiger partial charge in [0.25, 0.3) is 11.1 Å². The molecule has 0 fully saturated rings. The third-order valence-corrected chi connectivity index (χ3v) is 11.0. The van der Waals surface area contributed by atoms with Crippen molar-refractivity contribution in [2.45, 2.75) is 158 Å². The Labute approximate surface area is 391 Å². The molecule has 364 valence electrons. The summed E-state index contributed by atoms with van der Waals surface area (Å²) in [4.78, 5) is 56.9. The molecule has 0 aliphatic carbocycles. The summed E-state index contributed by atoms with van der Waals surface area (Å²) in [5, 5.41) is 15.6. The number of rotatable bonds is 26. The zero-order chi connectivity index (χ0) is 49.0. The summed E-state index contributed by atoms with van der Waals surface area (Å²) in [6.45, 7) is 19.4. The fraction of sp³-hybridized carbons (Fsp3) is 0.538. The molecule has 2 N–H and O–H groups in total. The first-order valence-electron chi connectivity index (χ1n) is 24.0. The molecule has 0 radical (unpaired) electrons. The highest BCUT2D eigenvalue weighted by molar-refractivity contribution is 5.89. The average molecular weight is 919 g/mol. The van der Waals surface area contributed by atoms with E-state index >= 15 is 8.78 Å². The Balaban J connectivity index is 0.000000389. The van der Waals surface area contributed by atoms with E-state index < -0.39 is 11.9 Å². The molecule has 12 nitrogen and oxygen atoms in total. The highest BCUT2D eigenvalue weighted by Gasteiger charge is 2.16. The van der Waals surface area contributed by atoms with E-state index in [0.29, 0.717) is 57.9 Å². The van der Waals surface area contributed by atoms with Gasteiger partial charge in [0.15, 0.2) is 0 Å². The van der Waals surface area contributed by atoms with Crippen LogP contribution in [0.5, 0.6) is 0 Å². The number of aromatic nitrogens is 4. The van der Waals surface area contributed by atoms with Gasteiger partial charge in [-0.25, -0.2) is 28.3 Å². The van der Waals surface area contributed by atoms with Crippen LogP contribution in [0.25, 0.3) is 11.4 Å². The number of anilines is 2.